The van der Waals surface area contributed by atoms with Crippen LogP contribution < -0.4 is 0 Å². The SMILES string of the molecule is O=C(C1CCCCN1S(=O)(=O)c1ccccc1)N1CCCCCCC1. The van der Waals surface area contributed by atoms with Crippen molar-refractivity contribution in [2.75, 3.05) is 19.6 Å². The molecule has 1 unspecified atom stereocenters. The number of rotatable bonds is 3. The first-order valence-electron chi connectivity index (χ1n) is 9.46. The average molecular weight is 365 g/mol. The van der Waals surface area contributed by atoms with E-state index in [1.165, 1.54) is 10.7 Å². The number of amides is 1. The largest absolute Gasteiger partial charge is 0.341 e. The van der Waals surface area contributed by atoms with Gasteiger partial charge in [0.25, 0.3) is 0 Å². The lowest BCUT2D eigenvalue weighted by Gasteiger charge is -2.37. The van der Waals surface area contributed by atoms with Gasteiger partial charge in [-0.05, 0) is 37.8 Å². The van der Waals surface area contributed by atoms with Gasteiger partial charge in [-0.15, -0.1) is 0 Å². The number of hydrogen-bond donors (Lipinski definition) is 0. The molecule has 6 heteroatoms. The average Bonchev–Trinajstić information content (AvgIpc) is 2.62. The van der Waals surface area contributed by atoms with Crippen LogP contribution in [0.1, 0.15) is 51.4 Å². The molecule has 0 spiro atoms. The molecule has 0 saturated carbocycles. The molecule has 0 N–H and O–H groups in total. The Morgan fingerprint density at radius 1 is 0.840 bits per heavy atom. The normalized spacial score (nSPS) is 23.7. The Balaban J connectivity index is 1.81. The van der Waals surface area contributed by atoms with E-state index in [2.05, 4.69) is 0 Å². The summed E-state index contributed by atoms with van der Waals surface area (Å²) in [6, 6.07) is 7.94. The number of benzene rings is 1. The Morgan fingerprint density at radius 3 is 2.12 bits per heavy atom. The fourth-order valence-electron chi connectivity index (χ4n) is 3.85. The standard InChI is InChI=1S/C19H28N2O3S/c22-19(20-14-8-2-1-3-9-15-20)18-13-7-10-16-21(18)25(23,24)17-11-5-4-6-12-17/h4-6,11-12,18H,1-3,7-10,13-16H2. The molecule has 5 nitrogen and oxygen atoms in total. The molecule has 2 aliphatic heterocycles. The van der Waals surface area contributed by atoms with Gasteiger partial charge in [-0.25, -0.2) is 8.42 Å². The highest BCUT2D eigenvalue weighted by atomic mass is 32.2. The van der Waals surface area contributed by atoms with Crippen LogP contribution in [0.5, 0.6) is 0 Å². The van der Waals surface area contributed by atoms with Crippen LogP contribution in [-0.2, 0) is 14.8 Å². The van der Waals surface area contributed by atoms with E-state index in [1.807, 2.05) is 4.90 Å². The number of nitrogens with zero attached hydrogens (tertiary/aromatic N) is 2. The van der Waals surface area contributed by atoms with Crippen LogP contribution in [0.15, 0.2) is 35.2 Å². The Labute approximate surface area is 151 Å². The minimum Gasteiger partial charge on any atom is -0.341 e. The monoisotopic (exact) mass is 364 g/mol. The van der Waals surface area contributed by atoms with E-state index in [9.17, 15) is 13.2 Å². The fourth-order valence-corrected chi connectivity index (χ4v) is 5.52. The summed E-state index contributed by atoms with van der Waals surface area (Å²) in [5, 5.41) is 0. The van der Waals surface area contributed by atoms with Crippen molar-refractivity contribution < 1.29 is 13.2 Å². The lowest BCUT2D eigenvalue weighted by molar-refractivity contribution is -0.136. The van der Waals surface area contributed by atoms with Crippen LogP contribution in [0, 0.1) is 0 Å². The zero-order valence-corrected chi connectivity index (χ0v) is 15.6. The van der Waals surface area contributed by atoms with Crippen molar-refractivity contribution in [1.29, 1.82) is 0 Å². The van der Waals surface area contributed by atoms with Crippen molar-refractivity contribution in [3.8, 4) is 0 Å². The minimum atomic E-state index is -3.63. The molecule has 0 bridgehead atoms. The highest BCUT2D eigenvalue weighted by Crippen LogP contribution is 2.27. The zero-order valence-electron chi connectivity index (χ0n) is 14.8. The van der Waals surface area contributed by atoms with E-state index in [-0.39, 0.29) is 10.8 Å². The van der Waals surface area contributed by atoms with Crippen LogP contribution >= 0.6 is 0 Å². The molecule has 1 aromatic carbocycles. The van der Waals surface area contributed by atoms with Gasteiger partial charge in [-0.3, -0.25) is 4.79 Å². The molecule has 1 amide bonds. The van der Waals surface area contributed by atoms with Crippen LogP contribution in [-0.4, -0.2) is 49.2 Å². The summed E-state index contributed by atoms with van der Waals surface area (Å²) < 4.78 is 27.6. The maximum atomic E-state index is 13.1. The van der Waals surface area contributed by atoms with Gasteiger partial charge in [0, 0.05) is 19.6 Å². The molecule has 3 rings (SSSR count). The molecule has 0 aromatic heterocycles. The molecule has 2 saturated heterocycles. The highest BCUT2D eigenvalue weighted by Gasteiger charge is 2.39. The molecular weight excluding hydrogens is 336 g/mol. The van der Waals surface area contributed by atoms with Crippen LogP contribution in [0.4, 0.5) is 0 Å². The summed E-state index contributed by atoms with van der Waals surface area (Å²) in [6.07, 6.45) is 7.93. The third-order valence-corrected chi connectivity index (χ3v) is 7.18. The molecule has 25 heavy (non-hydrogen) atoms. The molecule has 1 aromatic rings. The molecule has 0 aliphatic carbocycles. The Kier molecular flexibility index (Phi) is 6.12. The maximum Gasteiger partial charge on any atom is 0.243 e. The lowest BCUT2D eigenvalue weighted by Crippen LogP contribution is -2.53. The topological polar surface area (TPSA) is 57.7 Å². The molecule has 1 atom stereocenters. The second-order valence-corrected chi connectivity index (χ2v) is 8.92. The smallest absolute Gasteiger partial charge is 0.243 e. The first-order valence-corrected chi connectivity index (χ1v) is 10.9. The van der Waals surface area contributed by atoms with E-state index in [0.29, 0.717) is 13.0 Å². The van der Waals surface area contributed by atoms with Gasteiger partial charge in [-0.2, -0.15) is 4.31 Å². The van der Waals surface area contributed by atoms with Crippen molar-refractivity contribution in [3.63, 3.8) is 0 Å². The second kappa shape index (κ2) is 8.32. The van der Waals surface area contributed by atoms with E-state index in [0.717, 1.165) is 51.6 Å². The summed E-state index contributed by atoms with van der Waals surface area (Å²) in [4.78, 5) is 15.3. The van der Waals surface area contributed by atoms with Crippen molar-refractivity contribution in [1.82, 2.24) is 9.21 Å². The number of piperidine rings is 1. The Bertz CT molecular complexity index is 667. The predicted molar refractivity (Wildman–Crippen MR) is 97.6 cm³/mol. The van der Waals surface area contributed by atoms with Crippen LogP contribution in [0.3, 0.4) is 0 Å². The van der Waals surface area contributed by atoms with Gasteiger partial charge in [0.15, 0.2) is 0 Å². The van der Waals surface area contributed by atoms with E-state index < -0.39 is 16.1 Å². The molecule has 138 valence electrons. The molecule has 0 radical (unpaired) electrons. The second-order valence-electron chi connectivity index (χ2n) is 7.03. The maximum absolute atomic E-state index is 13.1. The first kappa shape index (κ1) is 18.4. The lowest BCUT2D eigenvalue weighted by atomic mass is 10.0. The summed E-state index contributed by atoms with van der Waals surface area (Å²) in [5.41, 5.74) is 0. The van der Waals surface area contributed by atoms with E-state index >= 15 is 0 Å². The summed E-state index contributed by atoms with van der Waals surface area (Å²) in [5.74, 6) is 0.00102. The van der Waals surface area contributed by atoms with Gasteiger partial charge in [0.1, 0.15) is 6.04 Å². The van der Waals surface area contributed by atoms with Gasteiger partial charge >= 0.3 is 0 Å². The van der Waals surface area contributed by atoms with E-state index in [4.69, 9.17) is 0 Å². The van der Waals surface area contributed by atoms with Crippen LogP contribution in [0.2, 0.25) is 0 Å². The number of carbonyl (C=O) groups is 1. The van der Waals surface area contributed by atoms with Crippen molar-refractivity contribution in [3.05, 3.63) is 30.3 Å². The predicted octanol–water partition coefficient (Wildman–Crippen LogP) is 3.02. The number of likely N-dealkylation sites (tertiary alicyclic amines) is 1. The van der Waals surface area contributed by atoms with E-state index in [1.54, 1.807) is 30.3 Å². The molecular formula is C19H28N2O3S. The first-order chi connectivity index (χ1) is 12.1. The summed E-state index contributed by atoms with van der Waals surface area (Å²) in [6.45, 7) is 1.95. The Hall–Kier alpha value is -1.40. The number of hydrogen-bond acceptors (Lipinski definition) is 3. The number of sulfonamides is 1. The summed E-state index contributed by atoms with van der Waals surface area (Å²) >= 11 is 0. The molecule has 2 fully saturated rings. The van der Waals surface area contributed by atoms with Gasteiger partial charge in [0.2, 0.25) is 15.9 Å². The van der Waals surface area contributed by atoms with Gasteiger partial charge in [-0.1, -0.05) is 43.9 Å². The summed E-state index contributed by atoms with van der Waals surface area (Å²) in [7, 11) is -3.63. The molecule has 2 aliphatic rings. The van der Waals surface area contributed by atoms with Gasteiger partial charge < -0.3 is 4.90 Å². The van der Waals surface area contributed by atoms with Crippen molar-refractivity contribution >= 4 is 15.9 Å². The van der Waals surface area contributed by atoms with Gasteiger partial charge in [0.05, 0.1) is 4.90 Å². The number of carbonyl (C=O) groups excluding carboxylic acids is 1. The Morgan fingerprint density at radius 2 is 1.44 bits per heavy atom. The molecule has 2 heterocycles. The zero-order chi connectivity index (χ0) is 17.7. The highest BCUT2D eigenvalue weighted by molar-refractivity contribution is 7.89. The minimum absolute atomic E-state index is 0.00102. The third-order valence-electron chi connectivity index (χ3n) is 5.26. The van der Waals surface area contributed by atoms with Crippen molar-refractivity contribution in [2.45, 2.75) is 62.3 Å². The van der Waals surface area contributed by atoms with Crippen LogP contribution in [0.25, 0.3) is 0 Å². The third kappa shape index (κ3) is 4.23. The quantitative estimate of drug-likeness (QED) is 0.828. The fraction of sp³-hybridized carbons (Fsp3) is 0.632. The van der Waals surface area contributed by atoms with Crippen molar-refractivity contribution in [2.24, 2.45) is 0 Å².